The number of rotatable bonds is 6. The van der Waals surface area contributed by atoms with Gasteiger partial charge < -0.3 is 26.2 Å². The van der Waals surface area contributed by atoms with Crippen LogP contribution in [0.4, 0.5) is 0 Å². The third-order valence-corrected chi connectivity index (χ3v) is 3.06. The lowest BCUT2D eigenvalue weighted by atomic mass is 9.81. The van der Waals surface area contributed by atoms with Crippen molar-refractivity contribution < 1.29 is 20.4 Å². The molecule has 0 amide bonds. The number of benzene rings is 1. The van der Waals surface area contributed by atoms with E-state index in [1.165, 1.54) is 0 Å². The lowest BCUT2D eigenvalue weighted by Crippen LogP contribution is -2.40. The van der Waals surface area contributed by atoms with Crippen LogP contribution in [0.2, 0.25) is 0 Å². The van der Waals surface area contributed by atoms with Crippen molar-refractivity contribution in [3.05, 3.63) is 35.4 Å². The van der Waals surface area contributed by atoms with Crippen LogP contribution in [0, 0.1) is 5.41 Å². The molecule has 0 saturated carbocycles. The second-order valence-corrected chi connectivity index (χ2v) is 4.18. The molecule has 6 N–H and O–H groups in total. The van der Waals surface area contributed by atoms with Gasteiger partial charge in [-0.25, -0.2) is 0 Å². The average Bonchev–Trinajstić information content (AvgIpc) is 2.41. The lowest BCUT2D eigenvalue weighted by molar-refractivity contribution is -0.0852. The molecular weight excluding hydrogens is 222 g/mol. The first-order valence-electron chi connectivity index (χ1n) is 5.43. The molecule has 0 bridgehead atoms. The predicted molar refractivity (Wildman–Crippen MR) is 63.0 cm³/mol. The van der Waals surface area contributed by atoms with Gasteiger partial charge in [-0.05, 0) is 11.1 Å². The molecule has 1 unspecified atom stereocenters. The summed E-state index contributed by atoms with van der Waals surface area (Å²) < 4.78 is 0. The van der Waals surface area contributed by atoms with Crippen LogP contribution in [0.3, 0.4) is 0 Å². The molecule has 0 aromatic heterocycles. The zero-order valence-corrected chi connectivity index (χ0v) is 9.58. The van der Waals surface area contributed by atoms with E-state index < -0.39 is 31.3 Å². The average molecular weight is 241 g/mol. The molecule has 5 heteroatoms. The number of aliphatic hydroxyl groups is 4. The van der Waals surface area contributed by atoms with Crippen molar-refractivity contribution in [2.45, 2.75) is 12.6 Å². The van der Waals surface area contributed by atoms with Crippen LogP contribution in [-0.4, -0.2) is 40.2 Å². The Morgan fingerprint density at radius 1 is 1.00 bits per heavy atom. The fourth-order valence-corrected chi connectivity index (χ4v) is 1.60. The Balaban J connectivity index is 2.96. The Hall–Kier alpha value is -0.980. The van der Waals surface area contributed by atoms with Crippen LogP contribution in [-0.2, 0) is 6.54 Å². The zero-order valence-electron chi connectivity index (χ0n) is 9.58. The highest BCUT2D eigenvalue weighted by atomic mass is 16.3. The van der Waals surface area contributed by atoms with E-state index in [2.05, 4.69) is 0 Å². The van der Waals surface area contributed by atoms with Crippen LogP contribution in [0.15, 0.2) is 24.3 Å². The summed E-state index contributed by atoms with van der Waals surface area (Å²) in [4.78, 5) is 0. The van der Waals surface area contributed by atoms with Gasteiger partial charge in [-0.3, -0.25) is 0 Å². The van der Waals surface area contributed by atoms with Gasteiger partial charge in [0.25, 0.3) is 0 Å². The molecule has 0 aliphatic heterocycles. The summed E-state index contributed by atoms with van der Waals surface area (Å²) in [5, 5.41) is 37.7. The van der Waals surface area contributed by atoms with Crippen LogP contribution in [0.25, 0.3) is 0 Å². The number of nitrogens with two attached hydrogens (primary N) is 1. The van der Waals surface area contributed by atoms with E-state index in [1.807, 2.05) is 0 Å². The van der Waals surface area contributed by atoms with Gasteiger partial charge in [-0.1, -0.05) is 24.3 Å². The van der Waals surface area contributed by atoms with Crippen molar-refractivity contribution in [1.82, 2.24) is 0 Å². The summed E-state index contributed by atoms with van der Waals surface area (Å²) in [6, 6.07) is 6.86. The topological polar surface area (TPSA) is 107 Å². The first-order chi connectivity index (χ1) is 8.13. The first-order valence-corrected chi connectivity index (χ1v) is 5.43. The van der Waals surface area contributed by atoms with E-state index in [4.69, 9.17) is 5.73 Å². The van der Waals surface area contributed by atoms with Crippen LogP contribution in [0.5, 0.6) is 0 Å². The second kappa shape index (κ2) is 6.09. The van der Waals surface area contributed by atoms with Crippen molar-refractivity contribution in [2.75, 3.05) is 19.8 Å². The third-order valence-electron chi connectivity index (χ3n) is 3.06. The minimum absolute atomic E-state index is 0.404. The van der Waals surface area contributed by atoms with Crippen LogP contribution < -0.4 is 5.73 Å². The molecule has 1 atom stereocenters. The molecule has 0 aliphatic rings. The maximum absolute atomic E-state index is 10.1. The molecule has 0 aliphatic carbocycles. The molecular formula is C12H19NO4. The second-order valence-electron chi connectivity index (χ2n) is 4.18. The van der Waals surface area contributed by atoms with Gasteiger partial charge in [-0.15, -0.1) is 0 Å². The van der Waals surface area contributed by atoms with Gasteiger partial charge in [0, 0.05) is 6.54 Å². The van der Waals surface area contributed by atoms with E-state index in [1.54, 1.807) is 24.3 Å². The third kappa shape index (κ3) is 2.83. The molecule has 1 aromatic carbocycles. The molecule has 1 rings (SSSR count). The molecule has 0 fully saturated rings. The van der Waals surface area contributed by atoms with Crippen molar-refractivity contribution in [1.29, 1.82) is 0 Å². The van der Waals surface area contributed by atoms with Crippen molar-refractivity contribution in [2.24, 2.45) is 11.1 Å². The highest BCUT2D eigenvalue weighted by molar-refractivity contribution is 5.25. The molecule has 96 valence electrons. The smallest absolute Gasteiger partial charge is 0.0912 e. The zero-order chi connectivity index (χ0) is 12.9. The van der Waals surface area contributed by atoms with E-state index in [9.17, 15) is 20.4 Å². The summed E-state index contributed by atoms with van der Waals surface area (Å²) in [5.74, 6) is 0. The maximum Gasteiger partial charge on any atom is 0.0912 e. The Bertz CT molecular complexity index is 327. The molecule has 1 aromatic rings. The Kier molecular flexibility index (Phi) is 5.04. The van der Waals surface area contributed by atoms with E-state index in [0.717, 1.165) is 5.56 Å². The van der Waals surface area contributed by atoms with Gasteiger partial charge in [0.05, 0.1) is 31.3 Å². The summed E-state index contributed by atoms with van der Waals surface area (Å²) in [5.41, 5.74) is 5.58. The highest BCUT2D eigenvalue weighted by Gasteiger charge is 2.37. The number of aliphatic hydroxyl groups excluding tert-OH is 4. The van der Waals surface area contributed by atoms with Crippen molar-refractivity contribution in [3.63, 3.8) is 0 Å². The van der Waals surface area contributed by atoms with Crippen LogP contribution >= 0.6 is 0 Å². The van der Waals surface area contributed by atoms with Gasteiger partial charge in [0.15, 0.2) is 0 Å². The number of hydrogen-bond acceptors (Lipinski definition) is 5. The fourth-order valence-electron chi connectivity index (χ4n) is 1.60. The quantitative estimate of drug-likeness (QED) is 0.445. The predicted octanol–water partition coefficient (Wildman–Crippen LogP) is -0.858. The highest BCUT2D eigenvalue weighted by Crippen LogP contribution is 2.33. The monoisotopic (exact) mass is 241 g/mol. The standard InChI is InChI=1S/C12H19NO4/c13-5-9-1-3-10(4-2-9)11(17)12(6-14,7-15)8-16/h1-4,11,14-17H,5-8,13H2. The van der Waals surface area contributed by atoms with Gasteiger partial charge in [0.2, 0.25) is 0 Å². The molecule has 0 heterocycles. The van der Waals surface area contributed by atoms with Gasteiger partial charge in [0.1, 0.15) is 0 Å². The Labute approximate surface area is 100 Å². The van der Waals surface area contributed by atoms with Crippen molar-refractivity contribution >= 4 is 0 Å². The summed E-state index contributed by atoms with van der Waals surface area (Å²) in [6.45, 7) is -1.10. The summed E-state index contributed by atoms with van der Waals surface area (Å²) in [7, 11) is 0. The van der Waals surface area contributed by atoms with Gasteiger partial charge in [-0.2, -0.15) is 0 Å². The normalized spacial score (nSPS) is 13.7. The van der Waals surface area contributed by atoms with Gasteiger partial charge >= 0.3 is 0 Å². The number of hydrogen-bond donors (Lipinski definition) is 5. The summed E-state index contributed by atoms with van der Waals surface area (Å²) >= 11 is 0. The fraction of sp³-hybridized carbons (Fsp3) is 0.500. The van der Waals surface area contributed by atoms with Crippen molar-refractivity contribution in [3.8, 4) is 0 Å². The van der Waals surface area contributed by atoms with Crippen LogP contribution in [0.1, 0.15) is 17.2 Å². The minimum atomic E-state index is -1.33. The Morgan fingerprint density at radius 2 is 1.47 bits per heavy atom. The molecule has 0 spiro atoms. The van der Waals surface area contributed by atoms with E-state index in [0.29, 0.717) is 12.1 Å². The summed E-state index contributed by atoms with van der Waals surface area (Å²) in [6.07, 6.45) is -1.13. The first kappa shape index (κ1) is 14.1. The molecule has 5 nitrogen and oxygen atoms in total. The molecule has 17 heavy (non-hydrogen) atoms. The largest absolute Gasteiger partial charge is 0.395 e. The minimum Gasteiger partial charge on any atom is -0.395 e. The molecule has 0 saturated heterocycles. The maximum atomic E-state index is 10.1. The van der Waals surface area contributed by atoms with E-state index in [-0.39, 0.29) is 0 Å². The Morgan fingerprint density at radius 3 is 1.82 bits per heavy atom. The SMILES string of the molecule is NCc1ccc(C(O)C(CO)(CO)CO)cc1. The lowest BCUT2D eigenvalue weighted by Gasteiger charge is -2.33. The van der Waals surface area contributed by atoms with E-state index >= 15 is 0 Å². The molecule has 0 radical (unpaired) electrons.